The average molecular weight is 450 g/mol. The van der Waals surface area contributed by atoms with Crippen molar-refractivity contribution in [1.82, 2.24) is 10.2 Å². The fraction of sp³-hybridized carbons (Fsp3) is 0.333. The van der Waals surface area contributed by atoms with Crippen molar-refractivity contribution < 1.29 is 18.0 Å². The largest absolute Gasteiger partial charge is 0.350 e. The van der Waals surface area contributed by atoms with Gasteiger partial charge in [0.1, 0.15) is 6.54 Å². The van der Waals surface area contributed by atoms with Crippen LogP contribution in [-0.2, 0) is 32.7 Å². The molecule has 160 valence electrons. The second kappa shape index (κ2) is 9.49. The lowest BCUT2D eigenvalue weighted by Gasteiger charge is -2.22. The molecule has 7 nitrogen and oxygen atoms in total. The molecule has 2 aromatic carbocycles. The minimum Gasteiger partial charge on any atom is -0.350 e. The van der Waals surface area contributed by atoms with Crippen LogP contribution in [0.5, 0.6) is 0 Å². The number of sulfonamides is 1. The Balaban J connectivity index is 1.62. The van der Waals surface area contributed by atoms with Gasteiger partial charge in [0.05, 0.1) is 11.9 Å². The van der Waals surface area contributed by atoms with Gasteiger partial charge in [0, 0.05) is 31.1 Å². The van der Waals surface area contributed by atoms with Crippen LogP contribution in [0.4, 0.5) is 5.69 Å². The van der Waals surface area contributed by atoms with Crippen molar-refractivity contribution in [3.63, 3.8) is 0 Å². The van der Waals surface area contributed by atoms with Crippen molar-refractivity contribution in [1.29, 1.82) is 0 Å². The van der Waals surface area contributed by atoms with Crippen molar-refractivity contribution in [2.75, 3.05) is 23.7 Å². The number of anilines is 1. The van der Waals surface area contributed by atoms with E-state index in [-0.39, 0.29) is 19.0 Å². The highest BCUT2D eigenvalue weighted by molar-refractivity contribution is 7.92. The molecular formula is C21H24ClN3O4S. The first kappa shape index (κ1) is 22.1. The number of hydrogen-bond donors (Lipinski definition) is 1. The zero-order valence-electron chi connectivity index (χ0n) is 16.7. The van der Waals surface area contributed by atoms with Gasteiger partial charge in [0.25, 0.3) is 0 Å². The number of halogens is 1. The van der Waals surface area contributed by atoms with Gasteiger partial charge in [-0.1, -0.05) is 41.9 Å². The summed E-state index contributed by atoms with van der Waals surface area (Å²) >= 11 is 5.95. The van der Waals surface area contributed by atoms with Gasteiger partial charge in [0.2, 0.25) is 21.8 Å². The molecule has 1 aliphatic heterocycles. The van der Waals surface area contributed by atoms with Crippen LogP contribution in [0.3, 0.4) is 0 Å². The summed E-state index contributed by atoms with van der Waals surface area (Å²) in [5.41, 5.74) is 2.20. The van der Waals surface area contributed by atoms with E-state index in [9.17, 15) is 18.0 Å². The third-order valence-electron chi connectivity index (χ3n) is 4.81. The van der Waals surface area contributed by atoms with Gasteiger partial charge < -0.3 is 10.2 Å². The molecule has 0 radical (unpaired) electrons. The van der Waals surface area contributed by atoms with E-state index < -0.39 is 15.9 Å². The Kier molecular flexibility index (Phi) is 6.99. The third kappa shape index (κ3) is 5.96. The van der Waals surface area contributed by atoms with E-state index in [1.807, 2.05) is 29.2 Å². The smallest absolute Gasteiger partial charge is 0.241 e. The lowest BCUT2D eigenvalue weighted by atomic mass is 10.1. The number of benzene rings is 2. The lowest BCUT2D eigenvalue weighted by molar-refractivity contribution is -0.128. The number of nitrogens with one attached hydrogen (secondary N) is 1. The van der Waals surface area contributed by atoms with Crippen molar-refractivity contribution >= 4 is 39.1 Å². The number of likely N-dealkylation sites (tertiary alicyclic amines) is 1. The first-order valence-electron chi connectivity index (χ1n) is 9.58. The summed E-state index contributed by atoms with van der Waals surface area (Å²) in [5, 5.41) is 3.14. The summed E-state index contributed by atoms with van der Waals surface area (Å²) in [6.45, 7) is 1.23. The van der Waals surface area contributed by atoms with Crippen LogP contribution in [-0.4, -0.2) is 44.5 Å². The number of hydrogen-bond acceptors (Lipinski definition) is 4. The predicted molar refractivity (Wildman–Crippen MR) is 117 cm³/mol. The average Bonchev–Trinajstić information content (AvgIpc) is 3.08. The number of carbonyl (C=O) groups excluding carboxylic acids is 2. The van der Waals surface area contributed by atoms with Crippen LogP contribution >= 0.6 is 11.6 Å². The topological polar surface area (TPSA) is 86.8 Å². The van der Waals surface area contributed by atoms with E-state index >= 15 is 0 Å². The maximum Gasteiger partial charge on any atom is 0.241 e. The van der Waals surface area contributed by atoms with Gasteiger partial charge in [-0.15, -0.1) is 0 Å². The van der Waals surface area contributed by atoms with Crippen LogP contribution < -0.4 is 9.62 Å². The molecular weight excluding hydrogens is 426 g/mol. The Labute approximate surface area is 181 Å². The second-order valence-corrected chi connectivity index (χ2v) is 9.61. The highest BCUT2D eigenvalue weighted by Gasteiger charge is 2.22. The fourth-order valence-corrected chi connectivity index (χ4v) is 4.38. The molecule has 1 heterocycles. The van der Waals surface area contributed by atoms with Crippen molar-refractivity contribution in [2.45, 2.75) is 25.9 Å². The Morgan fingerprint density at radius 3 is 2.57 bits per heavy atom. The van der Waals surface area contributed by atoms with Crippen molar-refractivity contribution in [2.24, 2.45) is 0 Å². The van der Waals surface area contributed by atoms with Crippen LogP contribution in [0.1, 0.15) is 24.0 Å². The van der Waals surface area contributed by atoms with Gasteiger partial charge in [-0.3, -0.25) is 13.9 Å². The molecule has 1 saturated heterocycles. The van der Waals surface area contributed by atoms with Gasteiger partial charge in [-0.05, 0) is 35.7 Å². The normalized spacial score (nSPS) is 14.1. The quantitative estimate of drug-likeness (QED) is 0.671. The summed E-state index contributed by atoms with van der Waals surface area (Å²) in [4.78, 5) is 26.1. The summed E-state index contributed by atoms with van der Waals surface area (Å²) in [6, 6.07) is 14.0. The number of nitrogens with zero attached hydrogens (tertiary/aromatic N) is 2. The first-order valence-corrected chi connectivity index (χ1v) is 11.8. The third-order valence-corrected chi connectivity index (χ3v) is 6.19. The first-order chi connectivity index (χ1) is 14.2. The van der Waals surface area contributed by atoms with E-state index in [0.717, 1.165) is 34.7 Å². The van der Waals surface area contributed by atoms with E-state index in [0.29, 0.717) is 23.7 Å². The molecule has 0 bridgehead atoms. The molecule has 30 heavy (non-hydrogen) atoms. The summed E-state index contributed by atoms with van der Waals surface area (Å²) < 4.78 is 25.3. The Morgan fingerprint density at radius 2 is 1.90 bits per heavy atom. The minimum atomic E-state index is -3.66. The van der Waals surface area contributed by atoms with Crippen LogP contribution in [0.25, 0.3) is 0 Å². The molecule has 9 heteroatoms. The van der Waals surface area contributed by atoms with Crippen molar-refractivity contribution in [3.05, 3.63) is 64.7 Å². The zero-order chi connectivity index (χ0) is 21.7. The van der Waals surface area contributed by atoms with E-state index in [2.05, 4.69) is 5.32 Å². The molecule has 1 N–H and O–H groups in total. The van der Waals surface area contributed by atoms with Crippen molar-refractivity contribution in [3.8, 4) is 0 Å². The Hall–Kier alpha value is -2.58. The molecule has 0 atom stereocenters. The van der Waals surface area contributed by atoms with E-state index in [1.54, 1.807) is 18.2 Å². The van der Waals surface area contributed by atoms with Crippen LogP contribution in [0.2, 0.25) is 5.02 Å². The van der Waals surface area contributed by atoms with Crippen LogP contribution in [0.15, 0.2) is 48.5 Å². The highest BCUT2D eigenvalue weighted by atomic mass is 35.5. The van der Waals surface area contributed by atoms with Gasteiger partial charge in [0.15, 0.2) is 0 Å². The number of carbonyl (C=O) groups is 2. The predicted octanol–water partition coefficient (Wildman–Crippen LogP) is 2.54. The standard InChI is InChI=1S/C21H24ClN3O4S/c1-30(28,29)25(19-8-3-7-18(22)12-19)15-20(26)23-13-16-5-2-6-17(11-16)14-24-10-4-9-21(24)27/h2-3,5-8,11-12H,4,9-10,13-15H2,1H3,(H,23,26). The second-order valence-electron chi connectivity index (χ2n) is 7.27. The summed E-state index contributed by atoms with van der Waals surface area (Å²) in [6.07, 6.45) is 2.53. The van der Waals surface area contributed by atoms with Crippen LogP contribution in [0, 0.1) is 0 Å². The fourth-order valence-electron chi connectivity index (χ4n) is 3.35. The Bertz CT molecular complexity index is 1040. The van der Waals surface area contributed by atoms with E-state index in [4.69, 9.17) is 11.6 Å². The highest BCUT2D eigenvalue weighted by Crippen LogP contribution is 2.21. The molecule has 1 fully saturated rings. The molecule has 2 aromatic rings. The molecule has 3 rings (SSSR count). The molecule has 2 amide bonds. The molecule has 0 aliphatic carbocycles. The summed E-state index contributed by atoms with van der Waals surface area (Å²) in [5.74, 6) is -0.267. The molecule has 0 unspecified atom stereocenters. The van der Waals surface area contributed by atoms with Gasteiger partial charge in [-0.2, -0.15) is 0 Å². The van der Waals surface area contributed by atoms with Gasteiger partial charge in [-0.25, -0.2) is 8.42 Å². The molecule has 0 saturated carbocycles. The summed E-state index contributed by atoms with van der Waals surface area (Å²) in [7, 11) is -3.66. The maximum absolute atomic E-state index is 12.4. The molecule has 0 spiro atoms. The lowest BCUT2D eigenvalue weighted by Crippen LogP contribution is -2.40. The molecule has 1 aliphatic rings. The maximum atomic E-state index is 12.4. The zero-order valence-corrected chi connectivity index (χ0v) is 18.2. The minimum absolute atomic E-state index is 0.163. The number of rotatable bonds is 8. The monoisotopic (exact) mass is 449 g/mol. The van der Waals surface area contributed by atoms with E-state index in [1.165, 1.54) is 6.07 Å². The molecule has 0 aromatic heterocycles. The number of amides is 2. The Morgan fingerprint density at radius 1 is 1.17 bits per heavy atom. The van der Waals surface area contributed by atoms with Gasteiger partial charge >= 0.3 is 0 Å². The SMILES string of the molecule is CS(=O)(=O)N(CC(=O)NCc1cccc(CN2CCCC2=O)c1)c1cccc(Cl)c1.